The van der Waals surface area contributed by atoms with E-state index in [2.05, 4.69) is 13.8 Å². The number of hydrogen-bond acceptors (Lipinski definition) is 6. The molecule has 0 radical (unpaired) electrons. The monoisotopic (exact) mass is 706 g/mol. The Bertz CT molecular complexity index is 1380. The molecule has 0 aliphatic rings. The molecule has 0 unspecified atom stereocenters. The van der Waals surface area contributed by atoms with Crippen LogP contribution in [0, 0.1) is 0 Å². The molecule has 48 heavy (non-hydrogen) atoms. The van der Waals surface area contributed by atoms with Gasteiger partial charge in [0.1, 0.15) is 0 Å². The Morgan fingerprint density at radius 1 is 0.479 bits per heavy atom. The van der Waals surface area contributed by atoms with E-state index in [1.165, 1.54) is 101 Å². The average Bonchev–Trinajstić information content (AvgIpc) is 3.04. The topological polar surface area (TPSA) is 143 Å². The summed E-state index contributed by atoms with van der Waals surface area (Å²) in [6.45, 7) is 4.38. The fourth-order valence-corrected chi connectivity index (χ4v) is 7.65. The van der Waals surface area contributed by atoms with Crippen molar-refractivity contribution in [3.05, 3.63) is 58.7 Å². The van der Waals surface area contributed by atoms with Crippen LogP contribution >= 0.6 is 0 Å². The molecule has 0 amide bonds. The predicted octanol–water partition coefficient (Wildman–Crippen LogP) is 10.2. The van der Waals surface area contributed by atoms with Crippen molar-refractivity contribution >= 4 is 31.8 Å². The summed E-state index contributed by atoms with van der Waals surface area (Å²) in [5.41, 5.74) is 0.812. The molecule has 0 aliphatic heterocycles. The third-order valence-corrected chi connectivity index (χ3v) is 10.9. The molecule has 2 aromatic carbocycles. The van der Waals surface area contributed by atoms with Crippen LogP contribution in [0.5, 0.6) is 0 Å². The molecule has 0 atom stereocenters. The molecule has 10 heteroatoms. The van der Waals surface area contributed by atoms with Crippen LogP contribution in [0.25, 0.3) is 0 Å². The first-order valence-corrected chi connectivity index (χ1v) is 21.0. The van der Waals surface area contributed by atoms with Crippen molar-refractivity contribution in [3.63, 3.8) is 0 Å². The summed E-state index contributed by atoms with van der Waals surface area (Å²) in [5, 5.41) is 0. The number of aryl methyl sites for hydroxylation is 2. The Morgan fingerprint density at radius 2 is 0.771 bits per heavy atom. The molecule has 0 bridgehead atoms. The second kappa shape index (κ2) is 22.3. The summed E-state index contributed by atoms with van der Waals surface area (Å²) in [6.07, 6.45) is 20.5. The first kappa shape index (κ1) is 41.8. The minimum absolute atomic E-state index is 0.0100. The fourth-order valence-electron chi connectivity index (χ4n) is 6.10. The molecule has 0 spiro atoms. The third-order valence-electron chi connectivity index (χ3n) is 9.01. The van der Waals surface area contributed by atoms with Crippen LogP contribution in [0.4, 0.5) is 0 Å². The van der Waals surface area contributed by atoms with E-state index in [0.717, 1.165) is 38.5 Å². The van der Waals surface area contributed by atoms with Gasteiger partial charge in [0.25, 0.3) is 20.2 Å². The number of benzene rings is 2. The Hall–Kier alpha value is -2.40. The normalized spacial score (nSPS) is 12.0. The average molecular weight is 707 g/mol. The van der Waals surface area contributed by atoms with Gasteiger partial charge < -0.3 is 0 Å². The molecule has 0 heterocycles. The van der Waals surface area contributed by atoms with Gasteiger partial charge in [-0.25, -0.2) is 0 Å². The lowest BCUT2D eigenvalue weighted by molar-refractivity contribution is 0.0970. The van der Waals surface area contributed by atoms with E-state index >= 15 is 0 Å². The van der Waals surface area contributed by atoms with Crippen LogP contribution in [-0.2, 0) is 33.1 Å². The van der Waals surface area contributed by atoms with Gasteiger partial charge >= 0.3 is 0 Å². The number of Topliss-reactive ketones (excluding diaryl/α,β-unsaturated/α-hetero) is 2. The minimum atomic E-state index is -4.68. The van der Waals surface area contributed by atoms with Crippen LogP contribution in [0.15, 0.2) is 46.2 Å². The first-order valence-electron chi connectivity index (χ1n) is 18.2. The lowest BCUT2D eigenvalue weighted by Gasteiger charge is -2.12. The van der Waals surface area contributed by atoms with Crippen LogP contribution < -0.4 is 0 Å². The predicted molar refractivity (Wildman–Crippen MR) is 192 cm³/mol. The van der Waals surface area contributed by atoms with Gasteiger partial charge in [0.2, 0.25) is 0 Å². The largest absolute Gasteiger partial charge is 0.294 e. The highest BCUT2D eigenvalue weighted by molar-refractivity contribution is 7.86. The molecule has 2 aromatic rings. The summed E-state index contributed by atoms with van der Waals surface area (Å²) in [5.74, 6) is -0.406. The standard InChI is InChI=1S/C38H58O8S2/c1-3-5-7-9-11-13-15-17-19-21-35(39)33-27-25-31(37(29-33)47(41,42)43)23-24-32-26-28-34(30-38(32)48(44,45)46)36(40)22-20-18-16-14-12-10-8-6-4-2/h25-30H,3-24H2,1-2H3,(H,41,42,43)(H,44,45,46). The van der Waals surface area contributed by atoms with Gasteiger partial charge in [-0.3, -0.25) is 18.7 Å². The van der Waals surface area contributed by atoms with E-state index in [0.29, 0.717) is 12.8 Å². The molecule has 0 saturated carbocycles. The van der Waals surface area contributed by atoms with Crippen molar-refractivity contribution < 1.29 is 35.5 Å². The van der Waals surface area contributed by atoms with E-state index in [-0.39, 0.29) is 59.5 Å². The number of unbranched alkanes of at least 4 members (excludes halogenated alkanes) is 16. The Kier molecular flexibility index (Phi) is 19.4. The summed E-state index contributed by atoms with van der Waals surface area (Å²) in [4.78, 5) is 24.8. The summed E-state index contributed by atoms with van der Waals surface area (Å²) in [6, 6.07) is 8.33. The maximum atomic E-state index is 12.8. The number of ketones is 2. The molecular formula is C38H58O8S2. The van der Waals surface area contributed by atoms with E-state index in [9.17, 15) is 35.5 Å². The number of rotatable bonds is 27. The number of carbonyl (C=O) groups is 2. The number of carbonyl (C=O) groups excluding carboxylic acids is 2. The third kappa shape index (κ3) is 15.9. The van der Waals surface area contributed by atoms with Gasteiger partial charge in [-0.15, -0.1) is 0 Å². The number of hydrogen-bond donors (Lipinski definition) is 2. The van der Waals surface area contributed by atoms with Crippen molar-refractivity contribution in [2.24, 2.45) is 0 Å². The maximum absolute atomic E-state index is 12.8. The second-order valence-electron chi connectivity index (χ2n) is 13.1. The van der Waals surface area contributed by atoms with Crippen LogP contribution in [0.2, 0.25) is 0 Å². The van der Waals surface area contributed by atoms with Crippen LogP contribution in [-0.4, -0.2) is 37.5 Å². The maximum Gasteiger partial charge on any atom is 0.294 e. The summed E-state index contributed by atoms with van der Waals surface area (Å²) in [7, 11) is -9.36. The molecule has 2 rings (SSSR count). The molecule has 0 fully saturated rings. The van der Waals surface area contributed by atoms with Gasteiger partial charge in [0.05, 0.1) is 9.79 Å². The quantitative estimate of drug-likeness (QED) is 0.0531. The van der Waals surface area contributed by atoms with Gasteiger partial charge in [0, 0.05) is 24.0 Å². The smallest absolute Gasteiger partial charge is 0.294 e. The Labute approximate surface area is 290 Å². The van der Waals surface area contributed by atoms with Crippen LogP contribution in [0.3, 0.4) is 0 Å². The zero-order valence-electron chi connectivity index (χ0n) is 29.2. The first-order chi connectivity index (χ1) is 22.9. The SMILES string of the molecule is CCCCCCCCCCCC(=O)c1ccc(CCc2ccc(C(=O)CCCCCCCCCCC)cc2S(=O)(=O)O)c(S(=O)(=O)O)c1. The van der Waals surface area contributed by atoms with Gasteiger partial charge in [-0.1, -0.05) is 141 Å². The molecule has 8 nitrogen and oxygen atoms in total. The van der Waals surface area contributed by atoms with E-state index < -0.39 is 30.0 Å². The zero-order chi connectivity index (χ0) is 35.4. The highest BCUT2D eigenvalue weighted by atomic mass is 32.2. The lowest BCUT2D eigenvalue weighted by Crippen LogP contribution is -2.10. The minimum Gasteiger partial charge on any atom is -0.294 e. The van der Waals surface area contributed by atoms with Crippen molar-refractivity contribution in [1.29, 1.82) is 0 Å². The van der Waals surface area contributed by atoms with Gasteiger partial charge in [-0.2, -0.15) is 16.8 Å². The van der Waals surface area contributed by atoms with Crippen molar-refractivity contribution in [2.45, 2.75) is 165 Å². The fraction of sp³-hybridized carbons (Fsp3) is 0.632. The molecule has 0 aromatic heterocycles. The second-order valence-corrected chi connectivity index (χ2v) is 15.9. The van der Waals surface area contributed by atoms with Gasteiger partial charge in [-0.05, 0) is 48.9 Å². The highest BCUT2D eigenvalue weighted by Gasteiger charge is 2.22. The van der Waals surface area contributed by atoms with Crippen molar-refractivity contribution in [2.75, 3.05) is 0 Å². The van der Waals surface area contributed by atoms with E-state index in [4.69, 9.17) is 0 Å². The molecule has 0 saturated heterocycles. The van der Waals surface area contributed by atoms with Crippen molar-refractivity contribution in [1.82, 2.24) is 0 Å². The summed E-state index contributed by atoms with van der Waals surface area (Å²) >= 11 is 0. The van der Waals surface area contributed by atoms with Crippen LogP contribution in [0.1, 0.15) is 174 Å². The Morgan fingerprint density at radius 3 is 1.06 bits per heavy atom. The molecule has 270 valence electrons. The van der Waals surface area contributed by atoms with Crippen molar-refractivity contribution in [3.8, 4) is 0 Å². The highest BCUT2D eigenvalue weighted by Crippen LogP contribution is 2.25. The molecule has 0 aliphatic carbocycles. The van der Waals surface area contributed by atoms with E-state index in [1.807, 2.05) is 0 Å². The summed E-state index contributed by atoms with van der Waals surface area (Å²) < 4.78 is 69.0. The molecule has 2 N–H and O–H groups in total. The Balaban J connectivity index is 2.00. The van der Waals surface area contributed by atoms with E-state index in [1.54, 1.807) is 0 Å². The zero-order valence-corrected chi connectivity index (χ0v) is 30.8. The lowest BCUT2D eigenvalue weighted by atomic mass is 9.98. The molecular weight excluding hydrogens is 649 g/mol. The van der Waals surface area contributed by atoms with Gasteiger partial charge in [0.15, 0.2) is 11.6 Å².